The van der Waals surface area contributed by atoms with Crippen molar-refractivity contribution in [3.05, 3.63) is 22.4 Å². The summed E-state index contributed by atoms with van der Waals surface area (Å²) < 4.78 is 0. The highest BCUT2D eigenvalue weighted by atomic mass is 127. The highest BCUT2D eigenvalue weighted by Crippen LogP contribution is 2.09. The Morgan fingerprint density at radius 3 is 2.72 bits per heavy atom. The molecule has 1 aromatic heterocycles. The third-order valence-electron chi connectivity index (χ3n) is 2.33. The van der Waals surface area contributed by atoms with Gasteiger partial charge in [-0.2, -0.15) is 0 Å². The summed E-state index contributed by atoms with van der Waals surface area (Å²) in [4.78, 5) is 5.85. The predicted octanol–water partition coefficient (Wildman–Crippen LogP) is 3.47. The van der Waals surface area contributed by atoms with Gasteiger partial charge >= 0.3 is 0 Å². The van der Waals surface area contributed by atoms with Gasteiger partial charge in [-0.3, -0.25) is 0 Å². The Morgan fingerprint density at radius 2 is 2.17 bits per heavy atom. The molecule has 1 heterocycles. The van der Waals surface area contributed by atoms with Crippen molar-refractivity contribution < 1.29 is 0 Å². The highest BCUT2D eigenvalue weighted by Gasteiger charge is 1.99. The van der Waals surface area contributed by atoms with Crippen LogP contribution in [-0.4, -0.2) is 19.0 Å². The van der Waals surface area contributed by atoms with E-state index in [-0.39, 0.29) is 24.0 Å². The first kappa shape index (κ1) is 17.7. The first-order chi connectivity index (χ1) is 8.22. The van der Waals surface area contributed by atoms with E-state index in [1.807, 2.05) is 0 Å². The second kappa shape index (κ2) is 10.6. The van der Waals surface area contributed by atoms with E-state index in [0.717, 1.165) is 31.5 Å². The maximum atomic E-state index is 4.56. The summed E-state index contributed by atoms with van der Waals surface area (Å²) in [7, 11) is 0. The lowest BCUT2D eigenvalue weighted by Gasteiger charge is -2.12. The van der Waals surface area contributed by atoms with Crippen molar-refractivity contribution in [1.29, 1.82) is 0 Å². The van der Waals surface area contributed by atoms with Crippen molar-refractivity contribution in [2.45, 2.75) is 33.7 Å². The molecule has 0 spiro atoms. The van der Waals surface area contributed by atoms with Crippen molar-refractivity contribution >= 4 is 41.3 Å². The molecule has 0 unspecified atom stereocenters. The predicted molar refractivity (Wildman–Crippen MR) is 92.0 cm³/mol. The molecule has 0 fully saturated rings. The first-order valence-electron chi connectivity index (χ1n) is 6.27. The lowest BCUT2D eigenvalue weighted by molar-refractivity contribution is 0.574. The van der Waals surface area contributed by atoms with Crippen molar-refractivity contribution in [3.63, 3.8) is 0 Å². The van der Waals surface area contributed by atoms with Gasteiger partial charge in [0.1, 0.15) is 0 Å². The number of halogens is 1. The standard InChI is InChI=1S/C13H23N3S.HI/c1-4-14-13(15-8-7-11(2)3)16-10-12-6-5-9-17-12;/h5-6,9,11H,4,7-8,10H2,1-3H3,(H2,14,15,16);1H. The Labute approximate surface area is 131 Å². The fourth-order valence-corrected chi connectivity index (χ4v) is 2.01. The molecule has 0 atom stereocenters. The van der Waals surface area contributed by atoms with Crippen molar-refractivity contribution in [2.24, 2.45) is 10.9 Å². The Bertz CT molecular complexity index is 323. The second-order valence-corrected chi connectivity index (χ2v) is 5.42. The zero-order chi connectivity index (χ0) is 12.5. The van der Waals surface area contributed by atoms with E-state index in [4.69, 9.17) is 0 Å². The molecule has 0 aliphatic carbocycles. The van der Waals surface area contributed by atoms with Crippen molar-refractivity contribution in [2.75, 3.05) is 13.1 Å². The van der Waals surface area contributed by atoms with Crippen LogP contribution in [0.2, 0.25) is 0 Å². The highest BCUT2D eigenvalue weighted by molar-refractivity contribution is 14.0. The lowest BCUT2D eigenvalue weighted by Crippen LogP contribution is -2.38. The van der Waals surface area contributed by atoms with Crippen LogP contribution in [0.1, 0.15) is 32.1 Å². The van der Waals surface area contributed by atoms with Crippen LogP contribution < -0.4 is 10.6 Å². The minimum absolute atomic E-state index is 0. The van der Waals surface area contributed by atoms with Gasteiger partial charge in [0.2, 0.25) is 0 Å². The fraction of sp³-hybridized carbons (Fsp3) is 0.615. The lowest BCUT2D eigenvalue weighted by atomic mass is 10.1. The number of nitrogens with one attached hydrogen (secondary N) is 2. The number of hydrogen-bond donors (Lipinski definition) is 2. The molecule has 18 heavy (non-hydrogen) atoms. The minimum atomic E-state index is 0. The smallest absolute Gasteiger partial charge is 0.191 e. The van der Waals surface area contributed by atoms with E-state index in [1.165, 1.54) is 11.3 Å². The van der Waals surface area contributed by atoms with Crippen LogP contribution in [0.15, 0.2) is 22.5 Å². The fourth-order valence-electron chi connectivity index (χ4n) is 1.38. The summed E-state index contributed by atoms with van der Waals surface area (Å²) in [6, 6.07) is 4.18. The largest absolute Gasteiger partial charge is 0.357 e. The average Bonchev–Trinajstić information content (AvgIpc) is 2.78. The molecule has 0 radical (unpaired) electrons. The second-order valence-electron chi connectivity index (χ2n) is 4.38. The van der Waals surface area contributed by atoms with E-state index in [2.05, 4.69) is 53.9 Å². The third-order valence-corrected chi connectivity index (χ3v) is 3.19. The third kappa shape index (κ3) is 7.92. The van der Waals surface area contributed by atoms with Gasteiger partial charge in [-0.1, -0.05) is 19.9 Å². The molecule has 1 aromatic rings. The van der Waals surface area contributed by atoms with Crippen LogP contribution in [0.5, 0.6) is 0 Å². The van der Waals surface area contributed by atoms with Gasteiger partial charge in [0.25, 0.3) is 0 Å². The molecule has 104 valence electrons. The molecule has 0 bridgehead atoms. The Balaban J connectivity index is 0.00000289. The monoisotopic (exact) mass is 381 g/mol. The molecule has 0 saturated heterocycles. The molecule has 0 aliphatic heterocycles. The van der Waals surface area contributed by atoms with E-state index in [0.29, 0.717) is 0 Å². The van der Waals surface area contributed by atoms with Gasteiger partial charge in [-0.05, 0) is 30.7 Å². The maximum absolute atomic E-state index is 4.56. The van der Waals surface area contributed by atoms with Crippen molar-refractivity contribution in [3.8, 4) is 0 Å². The van der Waals surface area contributed by atoms with Gasteiger partial charge in [0.15, 0.2) is 5.96 Å². The Kier molecular flexibility index (Phi) is 10.4. The summed E-state index contributed by atoms with van der Waals surface area (Å²) in [5, 5.41) is 8.71. The van der Waals surface area contributed by atoms with Crippen LogP contribution in [0, 0.1) is 5.92 Å². The number of thiophene rings is 1. The molecule has 2 N–H and O–H groups in total. The molecule has 0 aliphatic rings. The van der Waals surface area contributed by atoms with Crippen LogP contribution in [0.3, 0.4) is 0 Å². The van der Waals surface area contributed by atoms with E-state index in [1.54, 1.807) is 11.3 Å². The summed E-state index contributed by atoms with van der Waals surface area (Å²) in [6.45, 7) is 9.19. The molecular weight excluding hydrogens is 357 g/mol. The number of rotatable bonds is 6. The summed E-state index contributed by atoms with van der Waals surface area (Å²) in [5.41, 5.74) is 0. The maximum Gasteiger partial charge on any atom is 0.191 e. The van der Waals surface area contributed by atoms with Crippen LogP contribution >= 0.6 is 35.3 Å². The Hall–Kier alpha value is -0.300. The van der Waals surface area contributed by atoms with Crippen molar-refractivity contribution in [1.82, 2.24) is 10.6 Å². The zero-order valence-corrected chi connectivity index (χ0v) is 14.5. The molecule has 0 aromatic carbocycles. The zero-order valence-electron chi connectivity index (χ0n) is 11.4. The van der Waals surface area contributed by atoms with Crippen LogP contribution in [0.25, 0.3) is 0 Å². The number of guanidine groups is 1. The van der Waals surface area contributed by atoms with Gasteiger partial charge in [0, 0.05) is 18.0 Å². The molecule has 0 saturated carbocycles. The molecule has 3 nitrogen and oxygen atoms in total. The number of nitrogens with zero attached hydrogens (tertiary/aromatic N) is 1. The quantitative estimate of drug-likeness (QED) is 0.450. The van der Waals surface area contributed by atoms with E-state index < -0.39 is 0 Å². The topological polar surface area (TPSA) is 36.4 Å². The SMILES string of the molecule is CCNC(=NCc1cccs1)NCCC(C)C.I. The molecule has 5 heteroatoms. The normalized spacial score (nSPS) is 11.2. The summed E-state index contributed by atoms with van der Waals surface area (Å²) >= 11 is 1.75. The molecular formula is C13H24IN3S. The van der Waals surface area contributed by atoms with E-state index in [9.17, 15) is 0 Å². The van der Waals surface area contributed by atoms with E-state index >= 15 is 0 Å². The summed E-state index contributed by atoms with van der Waals surface area (Å²) in [5.74, 6) is 1.64. The van der Waals surface area contributed by atoms with Gasteiger partial charge in [-0.25, -0.2) is 4.99 Å². The minimum Gasteiger partial charge on any atom is -0.357 e. The first-order valence-corrected chi connectivity index (χ1v) is 7.15. The van der Waals surface area contributed by atoms with Gasteiger partial charge in [0.05, 0.1) is 6.54 Å². The number of aliphatic imine (C=N–C) groups is 1. The van der Waals surface area contributed by atoms with Crippen LogP contribution in [-0.2, 0) is 6.54 Å². The Morgan fingerprint density at radius 1 is 1.39 bits per heavy atom. The van der Waals surface area contributed by atoms with Crippen LogP contribution in [0.4, 0.5) is 0 Å². The average molecular weight is 381 g/mol. The van der Waals surface area contributed by atoms with Gasteiger partial charge in [-0.15, -0.1) is 35.3 Å². The summed E-state index contributed by atoms with van der Waals surface area (Å²) in [6.07, 6.45) is 1.17. The molecule has 1 rings (SSSR count). The molecule has 0 amide bonds. The van der Waals surface area contributed by atoms with Gasteiger partial charge < -0.3 is 10.6 Å². The number of hydrogen-bond acceptors (Lipinski definition) is 2.